The molecule has 1 unspecified atom stereocenters. The van der Waals surface area contributed by atoms with Crippen LogP contribution in [0.4, 0.5) is 4.79 Å². The summed E-state index contributed by atoms with van der Waals surface area (Å²) in [5.74, 6) is 0. The second-order valence-electron chi connectivity index (χ2n) is 4.15. The lowest BCUT2D eigenvalue weighted by Crippen LogP contribution is -2.41. The summed E-state index contributed by atoms with van der Waals surface area (Å²) >= 11 is 1.04. The minimum Gasteiger partial charge on any atom is -0.379 e. The van der Waals surface area contributed by atoms with Gasteiger partial charge in [-0.2, -0.15) is 0 Å². The molecule has 1 atom stereocenters. The van der Waals surface area contributed by atoms with Crippen LogP contribution in [-0.4, -0.2) is 33.7 Å². The van der Waals surface area contributed by atoms with E-state index in [4.69, 9.17) is 9.88 Å². The molecule has 0 spiro atoms. The van der Waals surface area contributed by atoms with Crippen LogP contribution in [0.1, 0.15) is 11.3 Å². The van der Waals surface area contributed by atoms with Crippen LogP contribution in [0.3, 0.4) is 0 Å². The maximum atomic E-state index is 11.6. The Morgan fingerprint density at radius 1 is 1.53 bits per heavy atom. The van der Waals surface area contributed by atoms with Crippen molar-refractivity contribution in [2.24, 2.45) is 5.14 Å². The second-order valence-corrected chi connectivity index (χ2v) is 7.11. The van der Waals surface area contributed by atoms with Gasteiger partial charge in [-0.05, 0) is 18.6 Å². The van der Waals surface area contributed by atoms with Crippen LogP contribution in [0.2, 0.25) is 0 Å². The van der Waals surface area contributed by atoms with Gasteiger partial charge in [0.2, 0.25) is 10.0 Å². The van der Waals surface area contributed by atoms with Gasteiger partial charge in [0, 0.05) is 11.5 Å². The fourth-order valence-electron chi connectivity index (χ4n) is 1.66. The van der Waals surface area contributed by atoms with E-state index in [0.717, 1.165) is 22.6 Å². The summed E-state index contributed by atoms with van der Waals surface area (Å²) in [6, 6.07) is 2.81. The summed E-state index contributed by atoms with van der Waals surface area (Å²) < 4.78 is 27.4. The van der Waals surface area contributed by atoms with E-state index < -0.39 is 10.0 Å². The number of rotatable bonds is 4. The number of nitrogens with two attached hydrogens (primary N) is 1. The first-order valence-electron chi connectivity index (χ1n) is 5.69. The Bertz CT molecular complexity index is 549. The van der Waals surface area contributed by atoms with E-state index >= 15 is 0 Å². The van der Waals surface area contributed by atoms with Crippen LogP contribution < -0.4 is 15.8 Å². The molecule has 1 aromatic rings. The average Bonchev–Trinajstić information content (AvgIpc) is 2.95. The van der Waals surface area contributed by atoms with Gasteiger partial charge in [0.15, 0.2) is 0 Å². The molecule has 0 radical (unpaired) electrons. The molecule has 1 saturated heterocycles. The zero-order chi connectivity index (χ0) is 13.9. The molecule has 19 heavy (non-hydrogen) atoms. The van der Waals surface area contributed by atoms with E-state index in [0.29, 0.717) is 13.2 Å². The highest BCUT2D eigenvalue weighted by Gasteiger charge is 2.17. The molecule has 7 nitrogen and oxygen atoms in total. The molecule has 0 saturated carbocycles. The highest BCUT2D eigenvalue weighted by Crippen LogP contribution is 2.19. The third-order valence-corrected chi connectivity index (χ3v) is 5.13. The van der Waals surface area contributed by atoms with E-state index in [2.05, 4.69) is 10.6 Å². The molecular formula is C10H15N3O4S2. The lowest BCUT2D eigenvalue weighted by molar-refractivity contribution is 0.188. The van der Waals surface area contributed by atoms with Crippen LogP contribution in [0.25, 0.3) is 0 Å². The van der Waals surface area contributed by atoms with E-state index in [-0.39, 0.29) is 22.8 Å². The number of amides is 2. The Morgan fingerprint density at radius 3 is 2.89 bits per heavy atom. The number of carbonyl (C=O) groups excluding carboxylic acids is 1. The van der Waals surface area contributed by atoms with Gasteiger partial charge in [0.05, 0.1) is 19.2 Å². The third kappa shape index (κ3) is 4.16. The SMILES string of the molecule is NS(=O)(=O)c1ccc(CNC(=O)NC2CCOC2)s1. The van der Waals surface area contributed by atoms with Crippen molar-refractivity contribution in [3.8, 4) is 0 Å². The summed E-state index contributed by atoms with van der Waals surface area (Å²) in [7, 11) is -3.67. The van der Waals surface area contributed by atoms with Crippen molar-refractivity contribution in [3.05, 3.63) is 17.0 Å². The summed E-state index contributed by atoms with van der Waals surface area (Å²) in [4.78, 5) is 12.3. The van der Waals surface area contributed by atoms with Crippen molar-refractivity contribution in [1.82, 2.24) is 10.6 Å². The molecular weight excluding hydrogens is 290 g/mol. The predicted molar refractivity (Wildman–Crippen MR) is 70.3 cm³/mol. The molecule has 0 aromatic carbocycles. The number of carbonyl (C=O) groups is 1. The average molecular weight is 305 g/mol. The van der Waals surface area contributed by atoms with E-state index in [1.54, 1.807) is 6.07 Å². The van der Waals surface area contributed by atoms with E-state index in [1.165, 1.54) is 6.07 Å². The molecule has 2 rings (SSSR count). The number of hydrogen-bond acceptors (Lipinski definition) is 5. The smallest absolute Gasteiger partial charge is 0.315 e. The fraction of sp³-hybridized carbons (Fsp3) is 0.500. The Balaban J connectivity index is 1.81. The molecule has 9 heteroatoms. The van der Waals surface area contributed by atoms with Gasteiger partial charge in [-0.1, -0.05) is 0 Å². The molecule has 1 aromatic heterocycles. The summed E-state index contributed by atoms with van der Waals surface area (Å²) in [5, 5.41) is 10.4. The van der Waals surface area contributed by atoms with Crippen LogP contribution in [0.15, 0.2) is 16.3 Å². The largest absolute Gasteiger partial charge is 0.379 e. The van der Waals surface area contributed by atoms with Crippen molar-refractivity contribution in [2.75, 3.05) is 13.2 Å². The molecule has 2 amide bonds. The van der Waals surface area contributed by atoms with Crippen LogP contribution in [0, 0.1) is 0 Å². The minimum atomic E-state index is -3.67. The molecule has 106 valence electrons. The lowest BCUT2D eigenvalue weighted by atomic mass is 10.3. The molecule has 1 aliphatic heterocycles. The van der Waals surface area contributed by atoms with Gasteiger partial charge >= 0.3 is 6.03 Å². The number of thiophene rings is 1. The maximum absolute atomic E-state index is 11.6. The normalized spacial score (nSPS) is 19.3. The summed E-state index contributed by atoms with van der Waals surface area (Å²) in [6.07, 6.45) is 0.808. The highest BCUT2D eigenvalue weighted by molar-refractivity contribution is 7.91. The zero-order valence-electron chi connectivity index (χ0n) is 10.1. The van der Waals surface area contributed by atoms with E-state index in [1.807, 2.05) is 0 Å². The molecule has 4 N–H and O–H groups in total. The first-order chi connectivity index (χ1) is 8.95. The van der Waals surface area contributed by atoms with Gasteiger partial charge in [0.25, 0.3) is 0 Å². The van der Waals surface area contributed by atoms with Crippen LogP contribution in [0.5, 0.6) is 0 Å². The van der Waals surface area contributed by atoms with Gasteiger partial charge in [-0.3, -0.25) is 0 Å². The quantitative estimate of drug-likeness (QED) is 0.726. The van der Waals surface area contributed by atoms with Crippen molar-refractivity contribution >= 4 is 27.4 Å². The number of nitrogens with one attached hydrogen (secondary N) is 2. The van der Waals surface area contributed by atoms with Crippen LogP contribution >= 0.6 is 11.3 Å². The summed E-state index contributed by atoms with van der Waals surface area (Å²) in [6.45, 7) is 1.45. The van der Waals surface area contributed by atoms with Gasteiger partial charge in [0.1, 0.15) is 4.21 Å². The first kappa shape index (κ1) is 14.3. The van der Waals surface area contributed by atoms with Gasteiger partial charge in [-0.15, -0.1) is 11.3 Å². The molecule has 2 heterocycles. The minimum absolute atomic E-state index is 0.0447. The Hall–Kier alpha value is -1.16. The summed E-state index contributed by atoms with van der Waals surface area (Å²) in [5.41, 5.74) is 0. The number of urea groups is 1. The Kier molecular flexibility index (Phi) is 4.40. The predicted octanol–water partition coefficient (Wildman–Crippen LogP) is -0.0164. The van der Waals surface area contributed by atoms with Crippen molar-refractivity contribution in [3.63, 3.8) is 0 Å². The van der Waals surface area contributed by atoms with Gasteiger partial charge < -0.3 is 15.4 Å². The monoisotopic (exact) mass is 305 g/mol. The van der Waals surface area contributed by atoms with Crippen molar-refractivity contribution in [1.29, 1.82) is 0 Å². The second kappa shape index (κ2) is 5.87. The molecule has 1 fully saturated rings. The number of hydrogen-bond donors (Lipinski definition) is 3. The lowest BCUT2D eigenvalue weighted by Gasteiger charge is -2.11. The third-order valence-electron chi connectivity index (χ3n) is 2.61. The first-order valence-corrected chi connectivity index (χ1v) is 8.05. The Labute approximate surface area is 115 Å². The number of primary sulfonamides is 1. The van der Waals surface area contributed by atoms with E-state index in [9.17, 15) is 13.2 Å². The van der Waals surface area contributed by atoms with Crippen molar-refractivity contribution < 1.29 is 17.9 Å². The topological polar surface area (TPSA) is 111 Å². The zero-order valence-corrected chi connectivity index (χ0v) is 11.7. The maximum Gasteiger partial charge on any atom is 0.315 e. The van der Waals surface area contributed by atoms with Crippen LogP contribution in [-0.2, 0) is 21.3 Å². The fourth-order valence-corrected chi connectivity index (χ4v) is 3.38. The Morgan fingerprint density at radius 2 is 2.32 bits per heavy atom. The molecule has 1 aliphatic rings. The molecule has 0 bridgehead atoms. The highest BCUT2D eigenvalue weighted by atomic mass is 32.2. The standard InChI is InChI=1S/C10H15N3O4S2/c11-19(15,16)9-2-1-8(18-9)5-12-10(14)13-7-3-4-17-6-7/h1-2,7H,3-6H2,(H2,11,15,16)(H2,12,13,14). The molecule has 0 aliphatic carbocycles. The van der Waals surface area contributed by atoms with Gasteiger partial charge in [-0.25, -0.2) is 18.4 Å². The van der Waals surface area contributed by atoms with Crippen molar-refractivity contribution in [2.45, 2.75) is 23.2 Å². The number of sulfonamides is 1. The number of ether oxygens (including phenoxy) is 1.